The van der Waals surface area contributed by atoms with Crippen LogP contribution in [0.3, 0.4) is 0 Å². The van der Waals surface area contributed by atoms with Crippen molar-refractivity contribution in [2.75, 3.05) is 13.2 Å². The molecule has 7 heteroatoms. The first-order valence-electron chi connectivity index (χ1n) is 6.18. The van der Waals surface area contributed by atoms with Gasteiger partial charge in [0, 0.05) is 13.2 Å². The molecule has 0 aliphatic heterocycles. The minimum atomic E-state index is -4.41. The van der Waals surface area contributed by atoms with Crippen LogP contribution in [0.4, 0.5) is 13.2 Å². The maximum atomic E-state index is 12.8. The molecule has 0 saturated carbocycles. The topological polar surface area (TPSA) is 34.1 Å². The van der Waals surface area contributed by atoms with Crippen molar-refractivity contribution >= 4 is 11.3 Å². The largest absolute Gasteiger partial charge is 0.434 e. The Hall–Kier alpha value is -0.660. The smallest absolute Gasteiger partial charge is 0.375 e. The Morgan fingerprint density at radius 2 is 2.05 bits per heavy atom. The van der Waals surface area contributed by atoms with E-state index in [9.17, 15) is 13.2 Å². The minimum Gasteiger partial charge on any atom is -0.375 e. The van der Waals surface area contributed by atoms with Crippen LogP contribution in [0.1, 0.15) is 36.3 Å². The zero-order valence-electron chi connectivity index (χ0n) is 11.3. The third kappa shape index (κ3) is 5.46. The van der Waals surface area contributed by atoms with Gasteiger partial charge in [-0.1, -0.05) is 13.8 Å². The van der Waals surface area contributed by atoms with E-state index in [1.807, 2.05) is 13.8 Å². The Labute approximate surface area is 115 Å². The number of ether oxygens (including phenoxy) is 1. The summed E-state index contributed by atoms with van der Waals surface area (Å²) >= 11 is 1.06. The molecule has 1 aromatic heterocycles. The molecule has 0 bridgehead atoms. The van der Waals surface area contributed by atoms with Crippen LogP contribution >= 0.6 is 11.3 Å². The molecule has 0 radical (unpaired) electrons. The molecular weight excluding hydrogens is 277 g/mol. The molecule has 1 rings (SSSR count). The molecule has 19 heavy (non-hydrogen) atoms. The van der Waals surface area contributed by atoms with Gasteiger partial charge in [-0.25, -0.2) is 4.98 Å². The number of hydrogen-bond acceptors (Lipinski definition) is 4. The lowest BCUT2D eigenvalue weighted by Crippen LogP contribution is -2.20. The van der Waals surface area contributed by atoms with E-state index >= 15 is 0 Å². The van der Waals surface area contributed by atoms with E-state index in [4.69, 9.17) is 4.74 Å². The highest BCUT2D eigenvalue weighted by Crippen LogP contribution is 2.34. The van der Waals surface area contributed by atoms with E-state index in [1.54, 1.807) is 6.92 Å². The van der Waals surface area contributed by atoms with Gasteiger partial charge >= 0.3 is 6.18 Å². The maximum Gasteiger partial charge on any atom is 0.434 e. The number of rotatable bonds is 7. The van der Waals surface area contributed by atoms with Crippen LogP contribution in [0.5, 0.6) is 0 Å². The van der Waals surface area contributed by atoms with E-state index < -0.39 is 11.9 Å². The lowest BCUT2D eigenvalue weighted by atomic mass is 10.2. The molecule has 1 heterocycles. The van der Waals surface area contributed by atoms with Crippen LogP contribution in [0.15, 0.2) is 0 Å². The number of nitrogens with one attached hydrogen (secondary N) is 1. The molecule has 0 atom stereocenters. The van der Waals surface area contributed by atoms with Crippen molar-refractivity contribution in [2.24, 2.45) is 5.92 Å². The minimum absolute atomic E-state index is 0.133. The molecule has 0 saturated heterocycles. The highest BCUT2D eigenvalue weighted by molar-refractivity contribution is 7.11. The standard InChI is InChI=1S/C12H19F3N2OS/c1-4-18-7-10-17-11(12(13,14)15)9(19-10)6-16-5-8(2)3/h8,16H,4-7H2,1-3H3. The fourth-order valence-corrected chi connectivity index (χ4v) is 2.46. The van der Waals surface area contributed by atoms with Gasteiger partial charge in [0.1, 0.15) is 5.01 Å². The van der Waals surface area contributed by atoms with Gasteiger partial charge in [0.05, 0.1) is 11.5 Å². The fraction of sp³-hybridized carbons (Fsp3) is 0.750. The summed E-state index contributed by atoms with van der Waals surface area (Å²) in [6.45, 7) is 7.27. The number of halogens is 3. The monoisotopic (exact) mass is 296 g/mol. The summed E-state index contributed by atoms with van der Waals surface area (Å²) in [6.07, 6.45) is -4.41. The Bertz CT molecular complexity index is 391. The molecule has 1 aromatic rings. The number of hydrogen-bond donors (Lipinski definition) is 1. The van der Waals surface area contributed by atoms with E-state index in [0.717, 1.165) is 11.3 Å². The maximum absolute atomic E-state index is 12.8. The van der Waals surface area contributed by atoms with Crippen LogP contribution in [0.25, 0.3) is 0 Å². The van der Waals surface area contributed by atoms with Crippen molar-refractivity contribution < 1.29 is 17.9 Å². The number of alkyl halides is 3. The van der Waals surface area contributed by atoms with Gasteiger partial charge in [0.15, 0.2) is 5.69 Å². The number of nitrogens with zero attached hydrogens (tertiary/aromatic N) is 1. The SMILES string of the molecule is CCOCc1nc(C(F)(F)F)c(CNCC(C)C)s1. The average Bonchev–Trinajstić information content (AvgIpc) is 2.69. The zero-order valence-corrected chi connectivity index (χ0v) is 12.1. The highest BCUT2D eigenvalue weighted by Gasteiger charge is 2.37. The summed E-state index contributed by atoms with van der Waals surface area (Å²) < 4.78 is 43.6. The lowest BCUT2D eigenvalue weighted by Gasteiger charge is -2.08. The average molecular weight is 296 g/mol. The first kappa shape index (κ1) is 16.4. The molecule has 0 amide bonds. The second kappa shape index (κ2) is 7.21. The summed E-state index contributed by atoms with van der Waals surface area (Å²) in [5.41, 5.74) is -0.788. The van der Waals surface area contributed by atoms with Gasteiger partial charge in [0.2, 0.25) is 0 Å². The molecule has 0 fully saturated rings. The predicted octanol–water partition coefficient (Wildman–Crippen LogP) is 3.44. The van der Waals surface area contributed by atoms with Gasteiger partial charge in [-0.2, -0.15) is 13.2 Å². The van der Waals surface area contributed by atoms with Gasteiger partial charge in [-0.15, -0.1) is 11.3 Å². The number of aromatic nitrogens is 1. The second-order valence-electron chi connectivity index (χ2n) is 4.54. The molecular formula is C12H19F3N2OS. The fourth-order valence-electron chi connectivity index (χ4n) is 1.47. The van der Waals surface area contributed by atoms with E-state index in [2.05, 4.69) is 10.3 Å². The molecule has 3 nitrogen and oxygen atoms in total. The lowest BCUT2D eigenvalue weighted by molar-refractivity contribution is -0.141. The Kier molecular flexibility index (Phi) is 6.22. The first-order chi connectivity index (χ1) is 8.84. The molecule has 1 N–H and O–H groups in total. The van der Waals surface area contributed by atoms with E-state index in [1.165, 1.54) is 0 Å². The molecule has 0 spiro atoms. The first-order valence-corrected chi connectivity index (χ1v) is 7.00. The quantitative estimate of drug-likeness (QED) is 0.837. The van der Waals surface area contributed by atoms with Crippen LogP contribution in [0, 0.1) is 5.92 Å². The van der Waals surface area contributed by atoms with Gasteiger partial charge in [-0.05, 0) is 19.4 Å². The molecule has 0 unspecified atom stereocenters. The predicted molar refractivity (Wildman–Crippen MR) is 69.0 cm³/mol. The van der Waals surface area contributed by atoms with Crippen molar-refractivity contribution in [3.63, 3.8) is 0 Å². The summed E-state index contributed by atoms with van der Waals surface area (Å²) in [5, 5.41) is 3.38. The van der Waals surface area contributed by atoms with Gasteiger partial charge in [0.25, 0.3) is 0 Å². The summed E-state index contributed by atoms with van der Waals surface area (Å²) in [4.78, 5) is 3.87. The summed E-state index contributed by atoms with van der Waals surface area (Å²) in [6, 6.07) is 0. The second-order valence-corrected chi connectivity index (χ2v) is 5.71. The van der Waals surface area contributed by atoms with Gasteiger partial charge < -0.3 is 10.1 Å². The van der Waals surface area contributed by atoms with Crippen molar-refractivity contribution in [3.05, 3.63) is 15.6 Å². The van der Waals surface area contributed by atoms with Crippen LogP contribution in [0.2, 0.25) is 0 Å². The van der Waals surface area contributed by atoms with Crippen molar-refractivity contribution in [1.29, 1.82) is 0 Å². The normalized spacial score (nSPS) is 12.4. The van der Waals surface area contributed by atoms with Crippen molar-refractivity contribution in [3.8, 4) is 0 Å². The third-order valence-corrected chi connectivity index (χ3v) is 3.31. The molecule has 0 aliphatic carbocycles. The van der Waals surface area contributed by atoms with Crippen LogP contribution in [-0.4, -0.2) is 18.1 Å². The summed E-state index contributed by atoms with van der Waals surface area (Å²) in [5.74, 6) is 0.394. The van der Waals surface area contributed by atoms with E-state index in [-0.39, 0.29) is 18.0 Å². The Morgan fingerprint density at radius 1 is 1.37 bits per heavy atom. The Morgan fingerprint density at radius 3 is 2.58 bits per heavy atom. The highest BCUT2D eigenvalue weighted by atomic mass is 32.1. The number of thiazole rings is 1. The van der Waals surface area contributed by atoms with Gasteiger partial charge in [-0.3, -0.25) is 0 Å². The van der Waals surface area contributed by atoms with Crippen molar-refractivity contribution in [1.82, 2.24) is 10.3 Å². The van der Waals surface area contributed by atoms with Crippen LogP contribution < -0.4 is 5.32 Å². The van der Waals surface area contributed by atoms with E-state index in [0.29, 0.717) is 24.1 Å². The summed E-state index contributed by atoms with van der Waals surface area (Å²) in [7, 11) is 0. The molecule has 110 valence electrons. The molecule has 0 aliphatic rings. The third-order valence-electron chi connectivity index (χ3n) is 2.28. The Balaban J connectivity index is 2.78. The van der Waals surface area contributed by atoms with Crippen LogP contribution in [-0.2, 0) is 24.1 Å². The zero-order chi connectivity index (χ0) is 14.5. The van der Waals surface area contributed by atoms with Crippen molar-refractivity contribution in [2.45, 2.75) is 40.1 Å². The molecule has 0 aromatic carbocycles.